The van der Waals surface area contributed by atoms with Gasteiger partial charge < -0.3 is 9.88 Å². The van der Waals surface area contributed by atoms with Gasteiger partial charge in [-0.25, -0.2) is 8.42 Å². The van der Waals surface area contributed by atoms with Gasteiger partial charge in [0.2, 0.25) is 10.0 Å². The van der Waals surface area contributed by atoms with Crippen molar-refractivity contribution in [1.82, 2.24) is 8.87 Å². The first kappa shape index (κ1) is 21.1. The fraction of sp³-hybridized carbons (Fsp3) is 0.318. The molecule has 0 atom stereocenters. The lowest BCUT2D eigenvalue weighted by molar-refractivity contribution is 0.102. The van der Waals surface area contributed by atoms with Gasteiger partial charge >= 0.3 is 0 Å². The number of carbonyl (C=O) groups is 1. The van der Waals surface area contributed by atoms with Gasteiger partial charge in [0.1, 0.15) is 0 Å². The number of hydrogen-bond acceptors (Lipinski definition) is 3. The van der Waals surface area contributed by atoms with Crippen molar-refractivity contribution in [2.24, 2.45) is 0 Å². The van der Waals surface area contributed by atoms with Gasteiger partial charge in [-0.15, -0.1) is 0 Å². The molecule has 29 heavy (non-hydrogen) atoms. The lowest BCUT2D eigenvalue weighted by Gasteiger charge is -2.21. The number of carbonyl (C=O) groups excluding carboxylic acids is 1. The third-order valence-electron chi connectivity index (χ3n) is 5.01. The predicted octanol–water partition coefficient (Wildman–Crippen LogP) is 4.33. The van der Waals surface area contributed by atoms with Crippen molar-refractivity contribution in [3.05, 3.63) is 60.3 Å². The summed E-state index contributed by atoms with van der Waals surface area (Å²) in [7, 11) is -2.02. The molecule has 0 aliphatic carbocycles. The maximum atomic E-state index is 12.6. The molecule has 6 nitrogen and oxygen atoms in total. The molecular weight excluding hydrogens is 386 g/mol. The second-order valence-electron chi connectivity index (χ2n) is 7.38. The van der Waals surface area contributed by atoms with Crippen LogP contribution < -0.4 is 5.32 Å². The quantitative estimate of drug-likeness (QED) is 0.627. The molecule has 0 aliphatic heterocycles. The van der Waals surface area contributed by atoms with Crippen LogP contribution in [0.15, 0.2) is 59.6 Å². The molecule has 0 aliphatic rings. The summed E-state index contributed by atoms with van der Waals surface area (Å²) in [5.41, 5.74) is 2.24. The molecule has 0 saturated carbocycles. The van der Waals surface area contributed by atoms with Crippen molar-refractivity contribution < 1.29 is 13.2 Å². The smallest absolute Gasteiger partial charge is 0.255 e. The van der Waals surface area contributed by atoms with Crippen LogP contribution in [0.25, 0.3) is 10.9 Å². The second-order valence-corrected chi connectivity index (χ2v) is 9.37. The Hall–Kier alpha value is -2.64. The van der Waals surface area contributed by atoms with Crippen molar-refractivity contribution in [2.75, 3.05) is 12.4 Å². The third kappa shape index (κ3) is 4.36. The predicted molar refractivity (Wildman–Crippen MR) is 117 cm³/mol. The molecule has 0 fully saturated rings. The first-order valence-corrected chi connectivity index (χ1v) is 11.2. The lowest BCUT2D eigenvalue weighted by atomic mass is 10.2. The molecular formula is C22H27N3O3S. The van der Waals surface area contributed by atoms with E-state index in [-0.39, 0.29) is 16.8 Å². The van der Waals surface area contributed by atoms with E-state index in [4.69, 9.17) is 0 Å². The number of hydrogen-bond donors (Lipinski definition) is 1. The van der Waals surface area contributed by atoms with E-state index in [1.165, 1.54) is 28.6 Å². The van der Waals surface area contributed by atoms with Gasteiger partial charge in [0.15, 0.2) is 0 Å². The molecule has 3 rings (SSSR count). The Labute approximate surface area is 172 Å². The highest BCUT2D eigenvalue weighted by molar-refractivity contribution is 7.89. The van der Waals surface area contributed by atoms with E-state index in [1.54, 1.807) is 7.05 Å². The van der Waals surface area contributed by atoms with Gasteiger partial charge in [0.05, 0.1) is 4.90 Å². The van der Waals surface area contributed by atoms with Crippen LogP contribution in [-0.2, 0) is 16.6 Å². The number of nitrogens with one attached hydrogen (secondary N) is 1. The SMILES string of the molecule is CCCn1ccc2cc(NC(=O)c3ccc(S(=O)(=O)N(C)C(C)C)cc3)ccc21. The summed E-state index contributed by atoms with van der Waals surface area (Å²) in [6.45, 7) is 6.72. The third-order valence-corrected chi connectivity index (χ3v) is 7.06. The molecule has 0 saturated heterocycles. The minimum Gasteiger partial charge on any atom is -0.347 e. The zero-order chi connectivity index (χ0) is 21.2. The van der Waals surface area contributed by atoms with Crippen molar-refractivity contribution in [1.29, 1.82) is 0 Å². The highest BCUT2D eigenvalue weighted by Gasteiger charge is 2.23. The number of fused-ring (bicyclic) bond motifs is 1. The molecule has 0 radical (unpaired) electrons. The first-order chi connectivity index (χ1) is 13.7. The van der Waals surface area contributed by atoms with Crippen LogP contribution >= 0.6 is 0 Å². The van der Waals surface area contributed by atoms with Crippen molar-refractivity contribution >= 4 is 32.5 Å². The largest absolute Gasteiger partial charge is 0.347 e. The van der Waals surface area contributed by atoms with E-state index in [2.05, 4.69) is 16.8 Å². The number of benzene rings is 2. The summed E-state index contributed by atoms with van der Waals surface area (Å²) in [5, 5.41) is 3.95. The maximum absolute atomic E-state index is 12.6. The van der Waals surface area contributed by atoms with Crippen molar-refractivity contribution in [2.45, 2.75) is 44.7 Å². The van der Waals surface area contributed by atoms with Gasteiger partial charge in [0, 0.05) is 48.0 Å². The van der Waals surface area contributed by atoms with Gasteiger partial charge in [-0.2, -0.15) is 4.31 Å². The minimum atomic E-state index is -3.57. The van der Waals surface area contributed by atoms with Gasteiger partial charge in [-0.1, -0.05) is 6.92 Å². The van der Waals surface area contributed by atoms with Crippen LogP contribution in [-0.4, -0.2) is 36.3 Å². The monoisotopic (exact) mass is 413 g/mol. The van der Waals surface area contributed by atoms with Gasteiger partial charge in [0.25, 0.3) is 5.91 Å². The van der Waals surface area contributed by atoms with E-state index in [0.717, 1.165) is 23.9 Å². The van der Waals surface area contributed by atoms with E-state index in [9.17, 15) is 13.2 Å². The Morgan fingerprint density at radius 1 is 1.10 bits per heavy atom. The Morgan fingerprint density at radius 3 is 2.41 bits per heavy atom. The molecule has 1 amide bonds. The van der Waals surface area contributed by atoms with Crippen molar-refractivity contribution in [3.8, 4) is 0 Å². The van der Waals surface area contributed by atoms with E-state index in [0.29, 0.717) is 11.3 Å². The summed E-state index contributed by atoms with van der Waals surface area (Å²) >= 11 is 0. The van der Waals surface area contributed by atoms with E-state index in [1.807, 2.05) is 44.3 Å². The zero-order valence-corrected chi connectivity index (χ0v) is 18.0. The minimum absolute atomic E-state index is 0.148. The molecule has 1 heterocycles. The molecule has 1 N–H and O–H groups in total. The average Bonchev–Trinajstić information content (AvgIpc) is 3.09. The number of rotatable bonds is 7. The number of nitrogens with zero attached hydrogens (tertiary/aromatic N) is 2. The summed E-state index contributed by atoms with van der Waals surface area (Å²) in [5.74, 6) is -0.279. The van der Waals surface area contributed by atoms with E-state index >= 15 is 0 Å². The molecule has 0 unspecified atom stereocenters. The Balaban J connectivity index is 1.77. The lowest BCUT2D eigenvalue weighted by Crippen LogP contribution is -2.33. The fourth-order valence-electron chi connectivity index (χ4n) is 3.14. The average molecular weight is 414 g/mol. The Kier molecular flexibility index (Phi) is 6.10. The number of aryl methyl sites for hydroxylation is 1. The number of sulfonamides is 1. The number of amides is 1. The van der Waals surface area contributed by atoms with Crippen LogP contribution in [0.2, 0.25) is 0 Å². The van der Waals surface area contributed by atoms with Crippen LogP contribution in [0.1, 0.15) is 37.6 Å². The molecule has 154 valence electrons. The molecule has 7 heteroatoms. The zero-order valence-electron chi connectivity index (χ0n) is 17.2. The Bertz CT molecular complexity index is 1120. The Morgan fingerprint density at radius 2 is 1.79 bits per heavy atom. The van der Waals surface area contributed by atoms with Gasteiger partial charge in [-0.3, -0.25) is 4.79 Å². The van der Waals surface area contributed by atoms with Crippen molar-refractivity contribution in [3.63, 3.8) is 0 Å². The van der Waals surface area contributed by atoms with Crippen LogP contribution in [0, 0.1) is 0 Å². The topological polar surface area (TPSA) is 71.4 Å². The highest BCUT2D eigenvalue weighted by Crippen LogP contribution is 2.22. The number of anilines is 1. The fourth-order valence-corrected chi connectivity index (χ4v) is 4.51. The highest BCUT2D eigenvalue weighted by atomic mass is 32.2. The summed E-state index contributed by atoms with van der Waals surface area (Å²) in [6, 6.07) is 13.7. The summed E-state index contributed by atoms with van der Waals surface area (Å²) in [6.07, 6.45) is 3.11. The van der Waals surface area contributed by atoms with Crippen LogP contribution in [0.3, 0.4) is 0 Å². The maximum Gasteiger partial charge on any atom is 0.255 e. The summed E-state index contributed by atoms with van der Waals surface area (Å²) in [4.78, 5) is 12.8. The van der Waals surface area contributed by atoms with Crippen LogP contribution in [0.5, 0.6) is 0 Å². The van der Waals surface area contributed by atoms with E-state index < -0.39 is 10.0 Å². The first-order valence-electron chi connectivity index (χ1n) is 9.72. The normalized spacial score (nSPS) is 12.1. The van der Waals surface area contributed by atoms with Crippen LogP contribution in [0.4, 0.5) is 5.69 Å². The number of aromatic nitrogens is 1. The molecule has 0 spiro atoms. The summed E-state index contributed by atoms with van der Waals surface area (Å²) < 4.78 is 28.6. The molecule has 3 aromatic rings. The molecule has 2 aromatic carbocycles. The standard InChI is InChI=1S/C22H27N3O3S/c1-5-13-25-14-12-18-15-19(8-11-21(18)25)23-22(26)17-6-9-20(10-7-17)29(27,28)24(4)16(2)3/h6-12,14-16H,5,13H2,1-4H3,(H,23,26). The second kappa shape index (κ2) is 8.39. The molecule has 1 aromatic heterocycles. The molecule has 0 bridgehead atoms. The van der Waals surface area contributed by atoms with Gasteiger partial charge in [-0.05, 0) is 68.8 Å².